The van der Waals surface area contributed by atoms with Crippen LogP contribution in [0.2, 0.25) is 0 Å². The van der Waals surface area contributed by atoms with Crippen molar-refractivity contribution < 1.29 is 19.1 Å². The molecule has 5 heteroatoms. The first-order valence-electron chi connectivity index (χ1n) is 9.37. The number of aromatic amines is 1. The van der Waals surface area contributed by atoms with Crippen molar-refractivity contribution in [3.63, 3.8) is 0 Å². The molecule has 1 aromatic heterocycles. The van der Waals surface area contributed by atoms with Gasteiger partial charge in [-0.05, 0) is 37.0 Å². The first kappa shape index (κ1) is 18.2. The van der Waals surface area contributed by atoms with Crippen LogP contribution >= 0.6 is 0 Å². The fourth-order valence-electron chi connectivity index (χ4n) is 3.79. The summed E-state index contributed by atoms with van der Waals surface area (Å²) in [6, 6.07) is 17.3. The third kappa shape index (κ3) is 3.24. The third-order valence-electron chi connectivity index (χ3n) is 5.44. The van der Waals surface area contributed by atoms with E-state index in [0.29, 0.717) is 12.8 Å². The standard InChI is InChI=1S/C23H21NO4/c1-23(12-11-15-7-3-2-4-8-15)21(26)20(22(27)28-23)19(25)13-16-14-24-18-10-6-5-9-17(16)18/h2-10,14,20,24H,11-13H2,1H3. The molecule has 0 radical (unpaired) electrons. The van der Waals surface area contributed by atoms with Crippen molar-refractivity contribution in [2.45, 2.75) is 31.8 Å². The van der Waals surface area contributed by atoms with E-state index in [0.717, 1.165) is 22.0 Å². The fraction of sp³-hybridized carbons (Fsp3) is 0.261. The van der Waals surface area contributed by atoms with Crippen LogP contribution in [-0.2, 0) is 32.0 Å². The lowest BCUT2D eigenvalue weighted by molar-refractivity contribution is -0.152. The molecule has 5 nitrogen and oxygen atoms in total. The molecule has 28 heavy (non-hydrogen) atoms. The Morgan fingerprint density at radius 1 is 1.07 bits per heavy atom. The van der Waals surface area contributed by atoms with Gasteiger partial charge in [0, 0.05) is 23.5 Å². The minimum atomic E-state index is -1.34. The zero-order valence-electron chi connectivity index (χ0n) is 15.6. The number of hydrogen-bond acceptors (Lipinski definition) is 4. The summed E-state index contributed by atoms with van der Waals surface area (Å²) in [5, 5.41) is 0.918. The summed E-state index contributed by atoms with van der Waals surface area (Å²) in [4.78, 5) is 41.2. The number of benzene rings is 2. The van der Waals surface area contributed by atoms with Crippen LogP contribution in [-0.4, -0.2) is 28.1 Å². The van der Waals surface area contributed by atoms with Crippen LogP contribution in [0, 0.1) is 5.92 Å². The molecule has 0 spiro atoms. The second-order valence-corrected chi connectivity index (χ2v) is 7.44. The highest BCUT2D eigenvalue weighted by Gasteiger charge is 2.54. The van der Waals surface area contributed by atoms with Gasteiger partial charge in [-0.15, -0.1) is 0 Å². The van der Waals surface area contributed by atoms with E-state index in [1.165, 1.54) is 0 Å². The van der Waals surface area contributed by atoms with E-state index in [2.05, 4.69) is 4.98 Å². The number of aromatic nitrogens is 1. The number of esters is 1. The lowest BCUT2D eigenvalue weighted by Gasteiger charge is -2.20. The third-order valence-corrected chi connectivity index (χ3v) is 5.44. The van der Waals surface area contributed by atoms with Gasteiger partial charge < -0.3 is 9.72 Å². The Kier molecular flexibility index (Phi) is 4.59. The number of rotatable bonds is 6. The van der Waals surface area contributed by atoms with Crippen molar-refractivity contribution in [2.24, 2.45) is 5.92 Å². The lowest BCUT2D eigenvalue weighted by atomic mass is 9.85. The Hall–Kier alpha value is -3.21. The van der Waals surface area contributed by atoms with Gasteiger partial charge in [0.2, 0.25) is 0 Å². The molecule has 3 aromatic rings. The molecule has 0 aliphatic carbocycles. The zero-order valence-corrected chi connectivity index (χ0v) is 15.6. The van der Waals surface area contributed by atoms with E-state index in [4.69, 9.17) is 4.74 Å². The molecule has 1 aliphatic rings. The molecule has 1 fully saturated rings. The number of ether oxygens (including phenoxy) is 1. The summed E-state index contributed by atoms with van der Waals surface area (Å²) in [5.41, 5.74) is 1.49. The number of carbonyl (C=O) groups excluding carboxylic acids is 3. The second kappa shape index (κ2) is 7.08. The van der Waals surface area contributed by atoms with Gasteiger partial charge in [-0.3, -0.25) is 14.4 Å². The summed E-state index contributed by atoms with van der Waals surface area (Å²) >= 11 is 0. The van der Waals surface area contributed by atoms with Crippen LogP contribution in [0.25, 0.3) is 10.9 Å². The molecule has 0 amide bonds. The van der Waals surface area contributed by atoms with E-state index in [1.807, 2.05) is 54.6 Å². The van der Waals surface area contributed by atoms with Gasteiger partial charge in [0.15, 0.2) is 23.1 Å². The van der Waals surface area contributed by atoms with E-state index in [-0.39, 0.29) is 6.42 Å². The normalized spacial score (nSPS) is 21.8. The zero-order chi connectivity index (χ0) is 19.7. The topological polar surface area (TPSA) is 76.2 Å². The van der Waals surface area contributed by atoms with Crippen molar-refractivity contribution in [3.8, 4) is 0 Å². The Morgan fingerprint density at radius 3 is 2.57 bits per heavy atom. The maximum Gasteiger partial charge on any atom is 0.325 e. The molecule has 0 saturated carbocycles. The Balaban J connectivity index is 1.49. The molecule has 142 valence electrons. The van der Waals surface area contributed by atoms with Crippen molar-refractivity contribution in [2.75, 3.05) is 0 Å². The van der Waals surface area contributed by atoms with Gasteiger partial charge in [0.1, 0.15) is 0 Å². The SMILES string of the molecule is CC1(CCc2ccccc2)OC(=O)C(C(=O)Cc2c[nH]c3ccccc23)C1=O. The maximum absolute atomic E-state index is 12.9. The number of fused-ring (bicyclic) bond motifs is 1. The molecular weight excluding hydrogens is 354 g/mol. The van der Waals surface area contributed by atoms with E-state index in [9.17, 15) is 14.4 Å². The van der Waals surface area contributed by atoms with Gasteiger partial charge in [-0.1, -0.05) is 48.5 Å². The molecule has 2 unspecified atom stereocenters. The highest BCUT2D eigenvalue weighted by molar-refractivity contribution is 6.23. The number of hydrogen-bond donors (Lipinski definition) is 1. The first-order valence-corrected chi connectivity index (χ1v) is 9.37. The van der Waals surface area contributed by atoms with Gasteiger partial charge in [-0.2, -0.15) is 0 Å². The largest absolute Gasteiger partial charge is 0.450 e. The molecule has 4 rings (SSSR count). The molecule has 2 heterocycles. The number of aryl methyl sites for hydroxylation is 1. The predicted octanol–water partition coefficient (Wildman–Crippen LogP) is 3.41. The maximum atomic E-state index is 12.9. The Bertz CT molecular complexity index is 1050. The first-order chi connectivity index (χ1) is 13.5. The molecule has 2 atom stereocenters. The Morgan fingerprint density at radius 2 is 1.79 bits per heavy atom. The van der Waals surface area contributed by atoms with Crippen molar-refractivity contribution in [3.05, 3.63) is 71.9 Å². The molecule has 0 bridgehead atoms. The van der Waals surface area contributed by atoms with Crippen LogP contribution in [0.1, 0.15) is 24.5 Å². The van der Waals surface area contributed by atoms with Crippen molar-refractivity contribution >= 4 is 28.4 Å². The minimum absolute atomic E-state index is 0.0181. The summed E-state index contributed by atoms with van der Waals surface area (Å²) in [6.07, 6.45) is 2.73. The van der Waals surface area contributed by atoms with Gasteiger partial charge in [-0.25, -0.2) is 0 Å². The summed E-state index contributed by atoms with van der Waals surface area (Å²) in [6.45, 7) is 1.61. The monoisotopic (exact) mass is 375 g/mol. The van der Waals surface area contributed by atoms with Gasteiger partial charge in [0.05, 0.1) is 0 Å². The average Bonchev–Trinajstić information content (AvgIpc) is 3.20. The van der Waals surface area contributed by atoms with Crippen LogP contribution in [0.4, 0.5) is 0 Å². The molecule has 1 N–H and O–H groups in total. The predicted molar refractivity (Wildman–Crippen MR) is 105 cm³/mol. The van der Waals surface area contributed by atoms with Crippen LogP contribution in [0.3, 0.4) is 0 Å². The number of ketones is 2. The number of Topliss-reactive ketones (excluding diaryl/α,β-unsaturated/α-hetero) is 2. The van der Waals surface area contributed by atoms with E-state index in [1.54, 1.807) is 13.1 Å². The van der Waals surface area contributed by atoms with Crippen LogP contribution in [0.5, 0.6) is 0 Å². The van der Waals surface area contributed by atoms with Gasteiger partial charge in [0.25, 0.3) is 0 Å². The molecule has 1 saturated heterocycles. The van der Waals surface area contributed by atoms with Crippen LogP contribution in [0.15, 0.2) is 60.8 Å². The van der Waals surface area contributed by atoms with E-state index >= 15 is 0 Å². The van der Waals surface area contributed by atoms with Crippen LogP contribution < -0.4 is 0 Å². The summed E-state index contributed by atoms with van der Waals surface area (Å²) < 4.78 is 5.41. The number of cyclic esters (lactones) is 1. The molecule has 2 aromatic carbocycles. The second-order valence-electron chi connectivity index (χ2n) is 7.44. The quantitative estimate of drug-likeness (QED) is 0.529. The smallest absolute Gasteiger partial charge is 0.325 e. The number of nitrogens with one attached hydrogen (secondary N) is 1. The lowest BCUT2D eigenvalue weighted by Crippen LogP contribution is -2.37. The van der Waals surface area contributed by atoms with Crippen molar-refractivity contribution in [1.82, 2.24) is 4.98 Å². The highest BCUT2D eigenvalue weighted by Crippen LogP contribution is 2.33. The fourth-order valence-corrected chi connectivity index (χ4v) is 3.79. The summed E-state index contributed by atoms with van der Waals surface area (Å²) in [5.74, 6) is -2.92. The average molecular weight is 375 g/mol. The highest BCUT2D eigenvalue weighted by atomic mass is 16.6. The minimum Gasteiger partial charge on any atom is -0.450 e. The van der Waals surface area contributed by atoms with Gasteiger partial charge >= 0.3 is 5.97 Å². The Labute approximate surface area is 162 Å². The van der Waals surface area contributed by atoms with E-state index < -0.39 is 29.1 Å². The number of H-pyrrole nitrogens is 1. The summed E-state index contributed by atoms with van der Waals surface area (Å²) in [7, 11) is 0. The molecule has 1 aliphatic heterocycles. The number of para-hydroxylation sites is 1. The number of carbonyl (C=O) groups is 3. The van der Waals surface area contributed by atoms with Crippen molar-refractivity contribution in [1.29, 1.82) is 0 Å². The molecular formula is C23H21NO4.